The van der Waals surface area contributed by atoms with Gasteiger partial charge in [-0.25, -0.2) is 4.79 Å². The summed E-state index contributed by atoms with van der Waals surface area (Å²) >= 11 is 0. The van der Waals surface area contributed by atoms with Gasteiger partial charge in [-0.05, 0) is 53.9 Å². The molecule has 5 nitrogen and oxygen atoms in total. The Labute approximate surface area is 168 Å². The Balaban J connectivity index is 1.79. The predicted octanol–water partition coefficient (Wildman–Crippen LogP) is 4.65. The third kappa shape index (κ3) is 3.50. The number of nitrogen functional groups attached to an aromatic ring is 1. The number of aromatic nitrogens is 1. The Morgan fingerprint density at radius 2 is 1.83 bits per heavy atom. The number of carbonyl (C=O) groups is 1. The molecule has 4 rings (SSSR count). The fraction of sp³-hybridized carbons (Fsp3) is 0.0833. The van der Waals surface area contributed by atoms with Crippen LogP contribution in [0.3, 0.4) is 0 Å². The van der Waals surface area contributed by atoms with Crippen molar-refractivity contribution in [1.29, 1.82) is 5.41 Å². The van der Waals surface area contributed by atoms with E-state index in [2.05, 4.69) is 4.57 Å². The van der Waals surface area contributed by atoms with Crippen molar-refractivity contribution in [2.24, 2.45) is 5.73 Å². The Hall–Kier alpha value is -3.86. The van der Waals surface area contributed by atoms with Crippen LogP contribution in [0.4, 0.5) is 0 Å². The highest BCUT2D eigenvalue weighted by Gasteiger charge is 2.15. The molecule has 0 aliphatic carbocycles. The molecule has 0 spiro atoms. The van der Waals surface area contributed by atoms with Crippen molar-refractivity contribution in [2.75, 3.05) is 0 Å². The minimum atomic E-state index is -0.929. The number of carboxylic acid groups (broad SMARTS) is 1. The standard InChI is InChI=1S/C24H21N3O2/c1-15-6-8-20(21(12-15)24(28)29)19-5-3-2-4-18(19)14-27-11-10-16-13-17(23(25)26)7-9-22(16)27/h2-13H,14H2,1H3,(H3,25,26)(H,28,29). The number of amidine groups is 1. The Bertz CT molecular complexity index is 1250. The molecular weight excluding hydrogens is 362 g/mol. The van der Waals surface area contributed by atoms with Crippen LogP contribution in [0.1, 0.15) is 27.0 Å². The maximum atomic E-state index is 11.8. The molecule has 0 radical (unpaired) electrons. The first-order valence-electron chi connectivity index (χ1n) is 9.29. The number of nitrogens with two attached hydrogens (primary N) is 1. The number of nitrogens with one attached hydrogen (secondary N) is 1. The molecule has 29 heavy (non-hydrogen) atoms. The molecule has 3 aromatic carbocycles. The zero-order chi connectivity index (χ0) is 20.5. The molecule has 144 valence electrons. The first-order chi connectivity index (χ1) is 13.9. The summed E-state index contributed by atoms with van der Waals surface area (Å²) in [5.41, 5.74) is 11.2. The van der Waals surface area contributed by atoms with Gasteiger partial charge in [-0.1, -0.05) is 42.0 Å². The van der Waals surface area contributed by atoms with E-state index in [1.54, 1.807) is 6.07 Å². The minimum absolute atomic E-state index is 0.0468. The molecule has 0 saturated carbocycles. The van der Waals surface area contributed by atoms with E-state index in [0.29, 0.717) is 23.2 Å². The van der Waals surface area contributed by atoms with E-state index < -0.39 is 5.97 Å². The third-order valence-electron chi connectivity index (χ3n) is 5.14. The van der Waals surface area contributed by atoms with Crippen molar-refractivity contribution in [3.05, 3.63) is 95.2 Å². The second-order valence-electron chi connectivity index (χ2n) is 7.14. The lowest BCUT2D eigenvalue weighted by atomic mass is 9.94. The monoisotopic (exact) mass is 383 g/mol. The van der Waals surface area contributed by atoms with Gasteiger partial charge in [0.2, 0.25) is 0 Å². The number of carboxylic acids is 1. The number of rotatable bonds is 5. The summed E-state index contributed by atoms with van der Waals surface area (Å²) in [5.74, 6) is -0.882. The first kappa shape index (κ1) is 18.5. The highest BCUT2D eigenvalue weighted by atomic mass is 16.4. The average molecular weight is 383 g/mol. The molecule has 0 fully saturated rings. The lowest BCUT2D eigenvalue weighted by molar-refractivity contribution is 0.0697. The van der Waals surface area contributed by atoms with Gasteiger partial charge < -0.3 is 15.4 Å². The van der Waals surface area contributed by atoms with Crippen molar-refractivity contribution >= 4 is 22.7 Å². The van der Waals surface area contributed by atoms with Crippen LogP contribution in [0.2, 0.25) is 0 Å². The number of hydrogen-bond donors (Lipinski definition) is 3. The molecule has 0 atom stereocenters. The molecule has 1 aromatic heterocycles. The molecule has 0 saturated heterocycles. The van der Waals surface area contributed by atoms with Gasteiger partial charge in [-0.3, -0.25) is 5.41 Å². The summed E-state index contributed by atoms with van der Waals surface area (Å²) in [5, 5.41) is 18.3. The number of benzene rings is 3. The van der Waals surface area contributed by atoms with E-state index in [9.17, 15) is 9.90 Å². The lowest BCUT2D eigenvalue weighted by Crippen LogP contribution is -2.10. The SMILES string of the molecule is Cc1ccc(-c2ccccc2Cn2ccc3cc(C(=N)N)ccc32)c(C(=O)O)c1. The van der Waals surface area contributed by atoms with Gasteiger partial charge in [-0.15, -0.1) is 0 Å². The summed E-state index contributed by atoms with van der Waals surface area (Å²) in [4.78, 5) is 11.8. The molecule has 0 unspecified atom stereocenters. The van der Waals surface area contributed by atoms with E-state index in [4.69, 9.17) is 11.1 Å². The molecule has 0 aliphatic rings. The Morgan fingerprint density at radius 3 is 2.59 bits per heavy atom. The van der Waals surface area contributed by atoms with Crippen LogP contribution in [-0.4, -0.2) is 21.5 Å². The highest BCUT2D eigenvalue weighted by molar-refractivity contribution is 5.99. The zero-order valence-electron chi connectivity index (χ0n) is 16.0. The fourth-order valence-electron chi connectivity index (χ4n) is 3.68. The predicted molar refractivity (Wildman–Crippen MR) is 116 cm³/mol. The smallest absolute Gasteiger partial charge is 0.336 e. The molecule has 4 aromatic rings. The largest absolute Gasteiger partial charge is 0.478 e. The van der Waals surface area contributed by atoms with Crippen molar-refractivity contribution in [1.82, 2.24) is 4.57 Å². The average Bonchev–Trinajstić information content (AvgIpc) is 3.10. The topological polar surface area (TPSA) is 92.1 Å². The van der Waals surface area contributed by atoms with E-state index in [-0.39, 0.29) is 5.84 Å². The quantitative estimate of drug-likeness (QED) is 0.346. The molecule has 4 N–H and O–H groups in total. The summed E-state index contributed by atoms with van der Waals surface area (Å²) in [6.45, 7) is 2.50. The van der Waals surface area contributed by atoms with E-state index in [1.165, 1.54) is 0 Å². The Kier molecular flexibility index (Phi) is 4.64. The normalized spacial score (nSPS) is 10.9. The third-order valence-corrected chi connectivity index (χ3v) is 5.14. The van der Waals surface area contributed by atoms with E-state index in [0.717, 1.165) is 27.6 Å². The van der Waals surface area contributed by atoms with Crippen LogP contribution < -0.4 is 5.73 Å². The molecule has 0 amide bonds. The summed E-state index contributed by atoms with van der Waals surface area (Å²) in [6, 6.07) is 21.1. The number of aromatic carboxylic acids is 1. The lowest BCUT2D eigenvalue weighted by Gasteiger charge is -2.14. The second-order valence-corrected chi connectivity index (χ2v) is 7.14. The van der Waals surface area contributed by atoms with Gasteiger partial charge in [0, 0.05) is 29.2 Å². The fourth-order valence-corrected chi connectivity index (χ4v) is 3.68. The van der Waals surface area contributed by atoms with E-state index in [1.807, 2.05) is 73.8 Å². The molecular formula is C24H21N3O2. The maximum absolute atomic E-state index is 11.8. The van der Waals surface area contributed by atoms with Gasteiger partial charge >= 0.3 is 5.97 Å². The number of fused-ring (bicyclic) bond motifs is 1. The van der Waals surface area contributed by atoms with Crippen LogP contribution in [-0.2, 0) is 6.54 Å². The van der Waals surface area contributed by atoms with Crippen molar-refractivity contribution in [3.63, 3.8) is 0 Å². The zero-order valence-corrected chi connectivity index (χ0v) is 16.0. The number of hydrogen-bond acceptors (Lipinski definition) is 2. The molecule has 1 heterocycles. The molecule has 0 aliphatic heterocycles. The van der Waals surface area contributed by atoms with Gasteiger partial charge in [0.25, 0.3) is 0 Å². The number of nitrogens with zero attached hydrogens (tertiary/aromatic N) is 1. The second kappa shape index (κ2) is 7.28. The van der Waals surface area contributed by atoms with E-state index >= 15 is 0 Å². The number of aryl methyl sites for hydroxylation is 1. The maximum Gasteiger partial charge on any atom is 0.336 e. The summed E-state index contributed by atoms with van der Waals surface area (Å²) in [6.07, 6.45) is 2.00. The van der Waals surface area contributed by atoms with Crippen LogP contribution in [0.25, 0.3) is 22.0 Å². The molecule has 5 heteroatoms. The first-order valence-corrected chi connectivity index (χ1v) is 9.29. The molecule has 0 bridgehead atoms. The van der Waals surface area contributed by atoms with Crippen LogP contribution in [0.5, 0.6) is 0 Å². The van der Waals surface area contributed by atoms with Crippen LogP contribution in [0, 0.1) is 12.3 Å². The highest BCUT2D eigenvalue weighted by Crippen LogP contribution is 2.30. The summed E-state index contributed by atoms with van der Waals surface area (Å²) < 4.78 is 2.12. The van der Waals surface area contributed by atoms with Crippen LogP contribution in [0.15, 0.2) is 72.9 Å². The van der Waals surface area contributed by atoms with Crippen molar-refractivity contribution in [2.45, 2.75) is 13.5 Å². The van der Waals surface area contributed by atoms with Gasteiger partial charge in [-0.2, -0.15) is 0 Å². The summed E-state index contributed by atoms with van der Waals surface area (Å²) in [7, 11) is 0. The van der Waals surface area contributed by atoms with Crippen molar-refractivity contribution < 1.29 is 9.90 Å². The minimum Gasteiger partial charge on any atom is -0.478 e. The van der Waals surface area contributed by atoms with Gasteiger partial charge in [0.15, 0.2) is 0 Å². The van der Waals surface area contributed by atoms with Gasteiger partial charge in [0.1, 0.15) is 5.84 Å². The van der Waals surface area contributed by atoms with Crippen LogP contribution >= 0.6 is 0 Å². The van der Waals surface area contributed by atoms with Crippen molar-refractivity contribution in [3.8, 4) is 11.1 Å². The van der Waals surface area contributed by atoms with Gasteiger partial charge in [0.05, 0.1) is 5.56 Å². The Morgan fingerprint density at radius 1 is 1.03 bits per heavy atom.